The quantitative estimate of drug-likeness (QED) is 0.374. The summed E-state index contributed by atoms with van der Waals surface area (Å²) in [6.07, 6.45) is 4.21. The molecule has 0 saturated carbocycles. The zero-order valence-corrected chi connectivity index (χ0v) is 7.88. The van der Waals surface area contributed by atoms with Crippen molar-refractivity contribution in [2.24, 2.45) is 5.84 Å². The van der Waals surface area contributed by atoms with E-state index < -0.39 is 0 Å². The molecule has 1 radical (unpaired) electrons. The number of hydrazine groups is 1. The molecule has 2 N–H and O–H groups in total. The molecule has 0 aromatic rings. The summed E-state index contributed by atoms with van der Waals surface area (Å²) in [6.45, 7) is 6.42. The predicted octanol–water partition coefficient (Wildman–Crippen LogP) is 1.49. The fourth-order valence-corrected chi connectivity index (χ4v) is 0.873. The van der Waals surface area contributed by atoms with Gasteiger partial charge in [-0.05, 0) is 12.8 Å². The zero-order valence-electron chi connectivity index (χ0n) is 7.88. The Morgan fingerprint density at radius 3 is 2.67 bits per heavy atom. The summed E-state index contributed by atoms with van der Waals surface area (Å²) in [6, 6.07) is 0. The molecule has 1 amide bonds. The summed E-state index contributed by atoms with van der Waals surface area (Å²) in [4.78, 5) is 11.2. The average Bonchev–Trinajstić information content (AvgIpc) is 2.10. The van der Waals surface area contributed by atoms with Crippen LogP contribution >= 0.6 is 0 Å². The van der Waals surface area contributed by atoms with Gasteiger partial charge in [0.25, 0.3) is 0 Å². The number of amides is 1. The second kappa shape index (κ2) is 7.10. The normalized spacial score (nSPS) is 9.92. The molecule has 0 heterocycles. The topological polar surface area (TPSA) is 46.3 Å². The van der Waals surface area contributed by atoms with E-state index in [2.05, 4.69) is 13.8 Å². The first kappa shape index (κ1) is 11.4. The number of nitrogens with two attached hydrogens (primary N) is 1. The van der Waals surface area contributed by atoms with Crippen LogP contribution in [0.4, 0.5) is 0 Å². The van der Waals surface area contributed by atoms with Crippen LogP contribution < -0.4 is 5.84 Å². The predicted molar refractivity (Wildman–Crippen MR) is 50.0 cm³/mol. The highest BCUT2D eigenvalue weighted by atomic mass is 16.2. The Morgan fingerprint density at radius 2 is 2.17 bits per heavy atom. The fourth-order valence-electron chi connectivity index (χ4n) is 0.873. The van der Waals surface area contributed by atoms with Crippen molar-refractivity contribution in [3.63, 3.8) is 0 Å². The maximum atomic E-state index is 11.2. The molecule has 0 saturated heterocycles. The number of rotatable bonds is 6. The number of hydrogen-bond acceptors (Lipinski definition) is 2. The highest BCUT2D eigenvalue weighted by Crippen LogP contribution is 1.98. The monoisotopic (exact) mass is 171 g/mol. The van der Waals surface area contributed by atoms with E-state index in [1.54, 1.807) is 0 Å². The summed E-state index contributed by atoms with van der Waals surface area (Å²) in [5.41, 5.74) is 0. The lowest BCUT2D eigenvalue weighted by atomic mass is 10.2. The van der Waals surface area contributed by atoms with Crippen molar-refractivity contribution in [3.8, 4) is 0 Å². The van der Waals surface area contributed by atoms with Crippen molar-refractivity contribution in [2.75, 3.05) is 6.54 Å². The van der Waals surface area contributed by atoms with E-state index in [0.717, 1.165) is 25.7 Å². The van der Waals surface area contributed by atoms with Gasteiger partial charge in [-0.25, -0.2) is 5.84 Å². The van der Waals surface area contributed by atoms with Crippen LogP contribution in [0.2, 0.25) is 0 Å². The lowest BCUT2D eigenvalue weighted by molar-refractivity contribution is -0.131. The van der Waals surface area contributed by atoms with Gasteiger partial charge in [-0.2, -0.15) is 0 Å². The van der Waals surface area contributed by atoms with Crippen molar-refractivity contribution >= 4 is 5.91 Å². The van der Waals surface area contributed by atoms with Crippen molar-refractivity contribution in [1.29, 1.82) is 0 Å². The highest BCUT2D eigenvalue weighted by Gasteiger charge is 2.06. The molecule has 0 aliphatic carbocycles. The molecule has 3 nitrogen and oxygen atoms in total. The third-order valence-corrected chi connectivity index (χ3v) is 1.71. The smallest absolute Gasteiger partial charge is 0.236 e. The van der Waals surface area contributed by atoms with Crippen LogP contribution in [0.1, 0.15) is 39.0 Å². The molecule has 12 heavy (non-hydrogen) atoms. The molecule has 0 aromatic carbocycles. The molecule has 0 spiro atoms. The van der Waals surface area contributed by atoms with Gasteiger partial charge in [0.15, 0.2) is 0 Å². The van der Waals surface area contributed by atoms with Gasteiger partial charge in [-0.1, -0.05) is 26.7 Å². The molecular formula is C9H19N2O. The second-order valence-corrected chi connectivity index (χ2v) is 2.90. The molecule has 0 atom stereocenters. The van der Waals surface area contributed by atoms with E-state index in [-0.39, 0.29) is 5.91 Å². The third-order valence-electron chi connectivity index (χ3n) is 1.71. The molecule has 0 fully saturated rings. The summed E-state index contributed by atoms with van der Waals surface area (Å²) in [5.74, 6) is 5.54. The van der Waals surface area contributed by atoms with Gasteiger partial charge in [0, 0.05) is 13.0 Å². The van der Waals surface area contributed by atoms with Crippen LogP contribution in [-0.2, 0) is 4.79 Å². The lowest BCUT2D eigenvalue weighted by Crippen LogP contribution is -2.37. The van der Waals surface area contributed by atoms with Gasteiger partial charge in [0.1, 0.15) is 0 Å². The minimum Gasteiger partial charge on any atom is -0.281 e. The van der Waals surface area contributed by atoms with Gasteiger partial charge >= 0.3 is 0 Å². The van der Waals surface area contributed by atoms with E-state index in [1.165, 1.54) is 5.01 Å². The van der Waals surface area contributed by atoms with Crippen LogP contribution in [0, 0.1) is 6.92 Å². The number of unbranched alkanes of at least 4 members (excludes halogenated alkanes) is 2. The van der Waals surface area contributed by atoms with Crippen molar-refractivity contribution in [3.05, 3.63) is 6.92 Å². The number of hydrogen-bond donors (Lipinski definition) is 1. The maximum Gasteiger partial charge on any atom is 0.236 e. The molecule has 0 aliphatic heterocycles. The highest BCUT2D eigenvalue weighted by molar-refractivity contribution is 5.75. The van der Waals surface area contributed by atoms with Gasteiger partial charge < -0.3 is 0 Å². The Bertz CT molecular complexity index is 126. The summed E-state index contributed by atoms with van der Waals surface area (Å²) < 4.78 is 0. The molecule has 71 valence electrons. The lowest BCUT2D eigenvalue weighted by Gasteiger charge is -2.15. The SMILES string of the molecule is [CH2]CCCC(=O)N(N)CCCC. The first-order valence-corrected chi connectivity index (χ1v) is 4.56. The van der Waals surface area contributed by atoms with E-state index in [9.17, 15) is 4.79 Å². The van der Waals surface area contributed by atoms with E-state index in [4.69, 9.17) is 5.84 Å². The Morgan fingerprint density at radius 1 is 1.50 bits per heavy atom. The fraction of sp³-hybridized carbons (Fsp3) is 0.778. The Hall–Kier alpha value is -0.570. The number of carbonyl (C=O) groups is 1. The van der Waals surface area contributed by atoms with Gasteiger partial charge in [-0.3, -0.25) is 9.80 Å². The molecular weight excluding hydrogens is 152 g/mol. The molecule has 0 rings (SSSR count). The van der Waals surface area contributed by atoms with Crippen molar-refractivity contribution in [2.45, 2.75) is 39.0 Å². The largest absolute Gasteiger partial charge is 0.281 e. The van der Waals surface area contributed by atoms with E-state index in [0.29, 0.717) is 13.0 Å². The number of nitrogens with zero attached hydrogens (tertiary/aromatic N) is 1. The van der Waals surface area contributed by atoms with Crippen LogP contribution in [0.5, 0.6) is 0 Å². The molecule has 0 unspecified atom stereocenters. The maximum absolute atomic E-state index is 11.2. The van der Waals surface area contributed by atoms with E-state index >= 15 is 0 Å². The van der Waals surface area contributed by atoms with Crippen molar-refractivity contribution < 1.29 is 4.79 Å². The van der Waals surface area contributed by atoms with Crippen LogP contribution in [0.15, 0.2) is 0 Å². The standard InChI is InChI=1S/C9H19N2O/c1-3-5-7-9(12)11(10)8-6-4-2/h1,3-8,10H2,2H3. The van der Waals surface area contributed by atoms with E-state index in [1.807, 2.05) is 0 Å². The van der Waals surface area contributed by atoms with Gasteiger partial charge in [-0.15, -0.1) is 0 Å². The summed E-state index contributed by atoms with van der Waals surface area (Å²) in [5, 5.41) is 1.32. The molecule has 3 heteroatoms. The Balaban J connectivity index is 3.47. The first-order valence-electron chi connectivity index (χ1n) is 4.56. The minimum absolute atomic E-state index is 0.0344. The average molecular weight is 171 g/mol. The second-order valence-electron chi connectivity index (χ2n) is 2.90. The van der Waals surface area contributed by atoms with Crippen LogP contribution in [-0.4, -0.2) is 17.5 Å². The summed E-state index contributed by atoms with van der Waals surface area (Å²) in [7, 11) is 0. The Kier molecular flexibility index (Phi) is 6.76. The third kappa shape index (κ3) is 5.13. The van der Waals surface area contributed by atoms with Crippen LogP contribution in [0.25, 0.3) is 0 Å². The Labute approximate surface area is 74.9 Å². The van der Waals surface area contributed by atoms with Crippen LogP contribution in [0.3, 0.4) is 0 Å². The van der Waals surface area contributed by atoms with Gasteiger partial charge in [0.05, 0.1) is 0 Å². The van der Waals surface area contributed by atoms with Gasteiger partial charge in [0.2, 0.25) is 5.91 Å². The number of carbonyl (C=O) groups excluding carboxylic acids is 1. The molecule has 0 bridgehead atoms. The zero-order chi connectivity index (χ0) is 9.40. The molecule has 0 aromatic heterocycles. The summed E-state index contributed by atoms with van der Waals surface area (Å²) >= 11 is 0. The van der Waals surface area contributed by atoms with Crippen molar-refractivity contribution in [1.82, 2.24) is 5.01 Å². The minimum atomic E-state index is 0.0344. The molecule has 0 aliphatic rings. The first-order chi connectivity index (χ1) is 5.72.